The highest BCUT2D eigenvalue weighted by molar-refractivity contribution is 5.80. The van der Waals surface area contributed by atoms with Crippen molar-refractivity contribution in [3.8, 4) is 0 Å². The number of likely N-dealkylation sites (N-methyl/N-ethyl adjacent to an activating group) is 1. The predicted molar refractivity (Wildman–Crippen MR) is 36.9 cm³/mol. The van der Waals surface area contributed by atoms with Crippen LogP contribution in [0, 0.1) is 0 Å². The largest absolute Gasteiger partial charge is 0.454 e. The molecule has 0 aromatic carbocycles. The van der Waals surface area contributed by atoms with E-state index in [2.05, 4.69) is 14.8 Å². The first-order valence-corrected chi connectivity index (χ1v) is 3.06. The highest BCUT2D eigenvalue weighted by Crippen LogP contribution is 1.78. The summed E-state index contributed by atoms with van der Waals surface area (Å²) in [7, 11) is 2.84. The molecule has 0 radical (unpaired) electrons. The summed E-state index contributed by atoms with van der Waals surface area (Å²) in [6.07, 6.45) is 0. The van der Waals surface area contributed by atoms with Crippen LogP contribution in [0.2, 0.25) is 0 Å². The summed E-state index contributed by atoms with van der Waals surface area (Å²) >= 11 is 0. The van der Waals surface area contributed by atoms with Crippen LogP contribution in [0.1, 0.15) is 0 Å². The summed E-state index contributed by atoms with van der Waals surface area (Å²) in [6, 6.07) is 0. The van der Waals surface area contributed by atoms with E-state index in [9.17, 15) is 9.59 Å². The quantitative estimate of drug-likeness (QED) is 0.533. The van der Waals surface area contributed by atoms with Gasteiger partial charge in [0.15, 0.2) is 6.61 Å². The minimum absolute atomic E-state index is 0.128. The maximum Gasteiger partial charge on any atom is 0.332 e. The maximum absolute atomic E-state index is 10.5. The lowest BCUT2D eigenvalue weighted by Crippen LogP contribution is -2.26. The van der Waals surface area contributed by atoms with Gasteiger partial charge in [-0.3, -0.25) is 4.79 Å². The lowest BCUT2D eigenvalue weighted by atomic mass is 10.6. The monoisotopic (exact) mass is 161 g/mol. The average molecular weight is 161 g/mol. The molecule has 11 heavy (non-hydrogen) atoms. The minimum Gasteiger partial charge on any atom is -0.454 e. The second-order valence-electron chi connectivity index (χ2n) is 1.77. The zero-order valence-electron chi connectivity index (χ0n) is 6.55. The van der Waals surface area contributed by atoms with Gasteiger partial charge in [0.25, 0.3) is 5.91 Å². The molecule has 0 unspecified atom stereocenters. The van der Waals surface area contributed by atoms with Gasteiger partial charge in [-0.15, -0.1) is 0 Å². The average Bonchev–Trinajstić information content (AvgIpc) is 2.01. The van der Waals surface area contributed by atoms with Gasteiger partial charge in [0.2, 0.25) is 0 Å². The van der Waals surface area contributed by atoms with E-state index in [1.54, 1.807) is 0 Å². The molecule has 0 saturated carbocycles. The number of nitrogens with one attached hydrogen (secondary N) is 1. The molecule has 64 valence electrons. The van der Waals surface area contributed by atoms with E-state index in [4.69, 9.17) is 0 Å². The summed E-state index contributed by atoms with van der Waals surface area (Å²) in [5.41, 5.74) is 0. The molecule has 0 bridgehead atoms. The smallest absolute Gasteiger partial charge is 0.332 e. The van der Waals surface area contributed by atoms with E-state index in [1.807, 2.05) is 0 Å². The Morgan fingerprint density at radius 1 is 1.36 bits per heavy atom. The van der Waals surface area contributed by atoms with Crippen molar-refractivity contribution in [2.45, 2.75) is 0 Å². The molecule has 0 spiro atoms. The Kier molecular flexibility index (Phi) is 5.10. The second-order valence-corrected chi connectivity index (χ2v) is 1.77. The molecule has 0 saturated heterocycles. The van der Waals surface area contributed by atoms with Gasteiger partial charge < -0.3 is 14.8 Å². The highest BCUT2D eigenvalue weighted by Gasteiger charge is 2.03. The van der Waals surface area contributed by atoms with Crippen molar-refractivity contribution < 1.29 is 19.1 Å². The maximum atomic E-state index is 10.5. The van der Waals surface area contributed by atoms with Gasteiger partial charge in [0, 0.05) is 14.2 Å². The third-order valence-electron chi connectivity index (χ3n) is 0.905. The zero-order chi connectivity index (χ0) is 8.69. The molecule has 0 aliphatic carbocycles. The van der Waals surface area contributed by atoms with Gasteiger partial charge in [-0.25, -0.2) is 4.79 Å². The van der Waals surface area contributed by atoms with E-state index >= 15 is 0 Å². The van der Waals surface area contributed by atoms with Gasteiger partial charge in [-0.1, -0.05) is 0 Å². The second kappa shape index (κ2) is 5.67. The summed E-state index contributed by atoms with van der Waals surface area (Å²) in [4.78, 5) is 21.0. The number of hydrogen-bond donors (Lipinski definition) is 1. The van der Waals surface area contributed by atoms with Crippen molar-refractivity contribution in [2.24, 2.45) is 0 Å². The van der Waals surface area contributed by atoms with Crippen LogP contribution in [0.4, 0.5) is 0 Å². The molecular formula is C6H11NO4. The minimum atomic E-state index is -0.545. The molecule has 0 fully saturated rings. The Morgan fingerprint density at radius 3 is 2.45 bits per heavy atom. The van der Waals surface area contributed by atoms with Gasteiger partial charge in [0.05, 0.1) is 0 Å². The number of rotatable bonds is 4. The van der Waals surface area contributed by atoms with Crippen LogP contribution < -0.4 is 5.32 Å². The van der Waals surface area contributed by atoms with Crippen molar-refractivity contribution in [2.75, 3.05) is 27.4 Å². The number of carbonyl (C=O) groups is 2. The molecule has 0 heterocycles. The molecule has 0 aliphatic rings. The summed E-state index contributed by atoms with van der Waals surface area (Å²) < 4.78 is 8.92. The van der Waals surface area contributed by atoms with Crippen molar-refractivity contribution >= 4 is 11.9 Å². The summed E-state index contributed by atoms with van der Waals surface area (Å²) in [6.45, 7) is -0.379. The normalized spacial score (nSPS) is 8.91. The fourth-order valence-electron chi connectivity index (χ4n) is 0.378. The predicted octanol–water partition coefficient (Wildman–Crippen LogP) is -1.08. The fourth-order valence-corrected chi connectivity index (χ4v) is 0.378. The number of amides is 1. The van der Waals surface area contributed by atoms with E-state index in [0.717, 1.165) is 0 Å². The number of hydrogen-bond acceptors (Lipinski definition) is 4. The SMILES string of the molecule is CNC(=O)COC(=O)COC. The van der Waals surface area contributed by atoms with Crippen LogP contribution in [-0.2, 0) is 19.1 Å². The van der Waals surface area contributed by atoms with Crippen LogP contribution in [0.5, 0.6) is 0 Å². The molecular weight excluding hydrogens is 150 g/mol. The molecule has 0 aliphatic heterocycles. The van der Waals surface area contributed by atoms with E-state index in [-0.39, 0.29) is 19.1 Å². The molecule has 5 heteroatoms. The molecule has 0 atom stereocenters. The van der Waals surface area contributed by atoms with Gasteiger partial charge in [0.1, 0.15) is 6.61 Å². The van der Waals surface area contributed by atoms with Gasteiger partial charge in [-0.05, 0) is 0 Å². The Hall–Kier alpha value is -1.10. The lowest BCUT2D eigenvalue weighted by Gasteiger charge is -2.01. The Morgan fingerprint density at radius 2 is 2.00 bits per heavy atom. The van der Waals surface area contributed by atoms with Crippen LogP contribution in [0.15, 0.2) is 0 Å². The summed E-state index contributed by atoms with van der Waals surface area (Å²) in [5, 5.41) is 2.31. The van der Waals surface area contributed by atoms with Gasteiger partial charge >= 0.3 is 5.97 Å². The van der Waals surface area contributed by atoms with Crippen molar-refractivity contribution in [1.29, 1.82) is 0 Å². The molecule has 1 amide bonds. The molecule has 5 nitrogen and oxygen atoms in total. The van der Waals surface area contributed by atoms with Crippen LogP contribution >= 0.6 is 0 Å². The van der Waals surface area contributed by atoms with E-state index in [0.29, 0.717) is 0 Å². The van der Waals surface area contributed by atoms with Crippen molar-refractivity contribution in [1.82, 2.24) is 5.32 Å². The van der Waals surface area contributed by atoms with Gasteiger partial charge in [-0.2, -0.15) is 0 Å². The number of esters is 1. The zero-order valence-corrected chi connectivity index (χ0v) is 6.55. The lowest BCUT2D eigenvalue weighted by molar-refractivity contribution is -0.151. The first-order chi connectivity index (χ1) is 5.20. The molecule has 1 N–H and O–H groups in total. The number of methoxy groups -OCH3 is 1. The fraction of sp³-hybridized carbons (Fsp3) is 0.667. The first-order valence-electron chi connectivity index (χ1n) is 3.06. The van der Waals surface area contributed by atoms with E-state index < -0.39 is 5.97 Å². The number of ether oxygens (including phenoxy) is 2. The third-order valence-corrected chi connectivity index (χ3v) is 0.905. The number of carbonyl (C=O) groups excluding carboxylic acids is 2. The third kappa shape index (κ3) is 5.35. The Bertz CT molecular complexity index is 146. The molecule has 0 aromatic heterocycles. The van der Waals surface area contributed by atoms with Crippen LogP contribution in [0.3, 0.4) is 0 Å². The van der Waals surface area contributed by atoms with E-state index in [1.165, 1.54) is 14.2 Å². The van der Waals surface area contributed by atoms with Crippen LogP contribution in [0.25, 0.3) is 0 Å². The Balaban J connectivity index is 3.38. The summed E-state index contributed by atoms with van der Waals surface area (Å²) in [5.74, 6) is -0.884. The molecule has 0 aromatic rings. The van der Waals surface area contributed by atoms with Crippen molar-refractivity contribution in [3.05, 3.63) is 0 Å². The van der Waals surface area contributed by atoms with Crippen LogP contribution in [-0.4, -0.2) is 39.2 Å². The molecule has 0 rings (SSSR count). The van der Waals surface area contributed by atoms with Crippen molar-refractivity contribution in [3.63, 3.8) is 0 Å². The first kappa shape index (κ1) is 9.90. The topological polar surface area (TPSA) is 64.6 Å². The highest BCUT2D eigenvalue weighted by atomic mass is 16.6. The standard InChI is InChI=1S/C6H11NO4/c1-7-5(8)3-11-6(9)4-10-2/h3-4H2,1-2H3,(H,7,8). The Labute approximate surface area is 64.7 Å².